The number of nitrogens with one attached hydrogen (secondary N) is 1. The van der Waals surface area contributed by atoms with Crippen LogP contribution in [-0.2, 0) is 6.54 Å². The van der Waals surface area contributed by atoms with Crippen LogP contribution in [0.1, 0.15) is 77.3 Å². The molecule has 2 saturated heterocycles. The van der Waals surface area contributed by atoms with Crippen molar-refractivity contribution in [2.24, 2.45) is 11.7 Å². The monoisotopic (exact) mass is 619 g/mol. The molecule has 0 aromatic carbocycles. The highest BCUT2D eigenvalue weighted by atomic mass is 16.5. The maximum atomic E-state index is 13.8. The number of ether oxygens (including phenoxy) is 1. The van der Waals surface area contributed by atoms with Crippen molar-refractivity contribution >= 4 is 28.5 Å². The van der Waals surface area contributed by atoms with Crippen molar-refractivity contribution in [3.8, 4) is 17.3 Å². The molecule has 0 spiro atoms. The Labute approximate surface area is 266 Å². The summed E-state index contributed by atoms with van der Waals surface area (Å²) in [6.45, 7) is 4.76. The standard InChI is InChI=1S/C34H37N9O3/c1-18(38-33(44)26-16-36-10-11-37-26)25-8-6-21-12-28(41(32(21)39-25)17-20-4-5-20)31-19(2)42-29(40-31)13-22(14-30(42)46-3)34(45)43-23-7-9-27(43)24(35)15-23/h6,8,10-14,16,18,20,23-24,27H,4-5,7,9,15,17,35H2,1-3H3,(H,38,44)/t18-,23+,24-,27-/m1/s1. The molecule has 2 aliphatic heterocycles. The van der Waals surface area contributed by atoms with Crippen LogP contribution in [0.15, 0.2) is 48.9 Å². The van der Waals surface area contributed by atoms with Gasteiger partial charge in [0.2, 0.25) is 0 Å². The average Bonchev–Trinajstić information content (AvgIpc) is 3.38. The maximum Gasteiger partial charge on any atom is 0.272 e. The van der Waals surface area contributed by atoms with Gasteiger partial charge in [0.25, 0.3) is 11.8 Å². The zero-order valence-corrected chi connectivity index (χ0v) is 26.2. The number of amides is 2. The molecule has 0 unspecified atom stereocenters. The molecule has 8 rings (SSSR count). The number of carbonyl (C=O) groups is 2. The first-order chi connectivity index (χ1) is 22.3. The molecule has 1 saturated carbocycles. The zero-order valence-electron chi connectivity index (χ0n) is 26.2. The Balaban J connectivity index is 1.18. The van der Waals surface area contributed by atoms with Crippen molar-refractivity contribution in [3.05, 3.63) is 71.6 Å². The molecular weight excluding hydrogens is 582 g/mol. The van der Waals surface area contributed by atoms with Crippen molar-refractivity contribution in [2.45, 2.75) is 76.7 Å². The van der Waals surface area contributed by atoms with Crippen molar-refractivity contribution in [1.29, 1.82) is 0 Å². The van der Waals surface area contributed by atoms with E-state index in [0.29, 0.717) is 23.0 Å². The average molecular weight is 620 g/mol. The van der Waals surface area contributed by atoms with E-state index in [4.69, 9.17) is 20.4 Å². The lowest BCUT2D eigenvalue weighted by atomic mass is 9.97. The van der Waals surface area contributed by atoms with Gasteiger partial charge in [-0.15, -0.1) is 0 Å². The number of rotatable bonds is 8. The van der Waals surface area contributed by atoms with Crippen LogP contribution in [0.3, 0.4) is 0 Å². The molecule has 12 nitrogen and oxygen atoms in total. The number of hydrogen-bond donors (Lipinski definition) is 2. The first-order valence-electron chi connectivity index (χ1n) is 16.0. The van der Waals surface area contributed by atoms with Crippen LogP contribution in [-0.4, -0.2) is 70.9 Å². The smallest absolute Gasteiger partial charge is 0.272 e. The Morgan fingerprint density at radius 3 is 2.65 bits per heavy atom. The first-order valence-corrected chi connectivity index (χ1v) is 16.0. The fraction of sp³-hybridized carbons (Fsp3) is 0.412. The molecule has 236 valence electrons. The van der Waals surface area contributed by atoms with Crippen LogP contribution >= 0.6 is 0 Å². The Kier molecular flexibility index (Phi) is 6.78. The third kappa shape index (κ3) is 4.70. The van der Waals surface area contributed by atoms with Crippen LogP contribution in [0.2, 0.25) is 0 Å². The summed E-state index contributed by atoms with van der Waals surface area (Å²) in [5, 5.41) is 3.99. The summed E-state index contributed by atoms with van der Waals surface area (Å²) in [6.07, 6.45) is 9.65. The summed E-state index contributed by atoms with van der Waals surface area (Å²) < 4.78 is 10.1. The summed E-state index contributed by atoms with van der Waals surface area (Å²) in [7, 11) is 1.62. The largest absolute Gasteiger partial charge is 0.482 e. The highest BCUT2D eigenvalue weighted by Gasteiger charge is 2.47. The van der Waals surface area contributed by atoms with E-state index in [9.17, 15) is 9.59 Å². The number of nitrogens with zero attached hydrogens (tertiary/aromatic N) is 7. The van der Waals surface area contributed by atoms with Gasteiger partial charge < -0.3 is 25.3 Å². The molecule has 3 fully saturated rings. The molecule has 5 aromatic rings. The Morgan fingerprint density at radius 2 is 1.96 bits per heavy atom. The van der Waals surface area contributed by atoms with Gasteiger partial charge in [-0.25, -0.2) is 15.0 Å². The van der Waals surface area contributed by atoms with Crippen LogP contribution in [0.4, 0.5) is 0 Å². The number of imidazole rings is 1. The number of aryl methyl sites for hydroxylation is 1. The summed E-state index contributed by atoms with van der Waals surface area (Å²) in [5.41, 5.74) is 12.1. The Morgan fingerprint density at radius 1 is 1.11 bits per heavy atom. The quantitative estimate of drug-likeness (QED) is 0.265. The normalized spacial score (nSPS) is 21.3. The summed E-state index contributed by atoms with van der Waals surface area (Å²) >= 11 is 0. The highest BCUT2D eigenvalue weighted by molar-refractivity contribution is 5.97. The van der Waals surface area contributed by atoms with Gasteiger partial charge in [-0.05, 0) is 76.1 Å². The number of pyridine rings is 2. The summed E-state index contributed by atoms with van der Waals surface area (Å²) in [4.78, 5) is 46.8. The van der Waals surface area contributed by atoms with E-state index in [1.807, 2.05) is 47.4 Å². The molecule has 0 radical (unpaired) electrons. The first kappa shape index (κ1) is 28.6. The molecule has 4 atom stereocenters. The van der Waals surface area contributed by atoms with Crippen LogP contribution < -0.4 is 15.8 Å². The molecule has 1 aliphatic carbocycles. The van der Waals surface area contributed by atoms with Gasteiger partial charge in [0.1, 0.15) is 22.7 Å². The number of methoxy groups -OCH3 is 1. The number of aromatic nitrogens is 6. The van der Waals surface area contributed by atoms with E-state index >= 15 is 0 Å². The van der Waals surface area contributed by atoms with Gasteiger partial charge in [0.05, 0.1) is 36.4 Å². The third-order valence-electron chi connectivity index (χ3n) is 9.93. The van der Waals surface area contributed by atoms with E-state index in [0.717, 1.165) is 59.6 Å². The lowest BCUT2D eigenvalue weighted by molar-refractivity contribution is 0.0725. The van der Waals surface area contributed by atoms with Crippen LogP contribution in [0.25, 0.3) is 28.1 Å². The minimum atomic E-state index is -0.343. The fourth-order valence-electron chi connectivity index (χ4n) is 7.38. The van der Waals surface area contributed by atoms with E-state index in [-0.39, 0.29) is 41.7 Å². The van der Waals surface area contributed by atoms with E-state index in [1.165, 1.54) is 31.4 Å². The van der Waals surface area contributed by atoms with Gasteiger partial charge >= 0.3 is 0 Å². The number of hydrogen-bond acceptors (Lipinski definition) is 8. The molecule has 2 amide bonds. The third-order valence-corrected chi connectivity index (χ3v) is 9.93. The predicted molar refractivity (Wildman–Crippen MR) is 171 cm³/mol. The molecule has 2 bridgehead atoms. The minimum Gasteiger partial charge on any atom is -0.482 e. The number of carbonyl (C=O) groups excluding carboxylic acids is 2. The highest BCUT2D eigenvalue weighted by Crippen LogP contribution is 2.40. The van der Waals surface area contributed by atoms with E-state index in [2.05, 4.69) is 25.9 Å². The predicted octanol–water partition coefficient (Wildman–Crippen LogP) is 4.06. The molecule has 12 heteroatoms. The van der Waals surface area contributed by atoms with E-state index in [1.54, 1.807) is 7.11 Å². The molecule has 3 N–H and O–H groups in total. The van der Waals surface area contributed by atoms with Gasteiger partial charge in [0, 0.05) is 54.1 Å². The van der Waals surface area contributed by atoms with Gasteiger partial charge in [-0.3, -0.25) is 19.0 Å². The van der Waals surface area contributed by atoms with Crippen molar-refractivity contribution in [3.63, 3.8) is 0 Å². The second kappa shape index (κ2) is 10.9. The second-order valence-electron chi connectivity index (χ2n) is 13.0. The minimum absolute atomic E-state index is 0.0106. The van der Waals surface area contributed by atoms with Gasteiger partial charge in [-0.1, -0.05) is 0 Å². The molecule has 46 heavy (non-hydrogen) atoms. The Hall–Kier alpha value is -4.84. The SMILES string of the molecule is COc1cc(C(=O)N2[C@H]3CC[C@@H]2[C@H](N)C3)cc2nc(-c3cc4ccc([C@@H](C)NC(=O)c5cnccn5)nc4n3CC3CC3)c(C)n12. The summed E-state index contributed by atoms with van der Waals surface area (Å²) in [5.74, 6) is 0.824. The summed E-state index contributed by atoms with van der Waals surface area (Å²) in [6, 6.07) is 9.81. The molecular formula is C34H37N9O3. The number of nitrogens with two attached hydrogens (primary N) is 1. The van der Waals surface area contributed by atoms with Crippen LogP contribution in [0.5, 0.6) is 5.88 Å². The van der Waals surface area contributed by atoms with Crippen molar-refractivity contribution in [2.75, 3.05) is 7.11 Å². The lowest BCUT2D eigenvalue weighted by Crippen LogP contribution is -2.40. The molecule has 7 heterocycles. The zero-order chi connectivity index (χ0) is 31.7. The van der Waals surface area contributed by atoms with E-state index < -0.39 is 0 Å². The fourth-order valence-corrected chi connectivity index (χ4v) is 7.38. The van der Waals surface area contributed by atoms with Crippen molar-refractivity contribution < 1.29 is 14.3 Å². The second-order valence-corrected chi connectivity index (χ2v) is 13.0. The van der Waals surface area contributed by atoms with Gasteiger partial charge in [-0.2, -0.15) is 0 Å². The number of fused-ring (bicyclic) bond motifs is 4. The van der Waals surface area contributed by atoms with Crippen molar-refractivity contribution in [1.82, 2.24) is 39.1 Å². The van der Waals surface area contributed by atoms with Crippen LogP contribution in [0, 0.1) is 12.8 Å². The lowest BCUT2D eigenvalue weighted by Gasteiger charge is -2.23. The molecule has 5 aromatic heterocycles. The van der Waals surface area contributed by atoms with Gasteiger partial charge in [0.15, 0.2) is 5.88 Å². The maximum absolute atomic E-state index is 13.8. The molecule has 3 aliphatic rings. The Bertz CT molecular complexity index is 2000. The topological polar surface area (TPSA) is 146 Å².